The Morgan fingerprint density at radius 2 is 1.88 bits per heavy atom. The second-order valence-corrected chi connectivity index (χ2v) is 6.46. The molecule has 0 bridgehead atoms. The fourth-order valence-corrected chi connectivity index (χ4v) is 2.75. The number of nitrogens with one attached hydrogen (secondary N) is 2. The molecule has 2 N–H and O–H groups in total. The van der Waals surface area contributed by atoms with Crippen LogP contribution < -0.4 is 10.0 Å². The molecular weight excluding hydrogens is 240 g/mol. The summed E-state index contributed by atoms with van der Waals surface area (Å²) in [5.74, 6) is 0.171. The van der Waals surface area contributed by atoms with Gasteiger partial charge in [0.2, 0.25) is 10.0 Å². The Hall–Kier alpha value is -0.170. The molecule has 0 aromatic carbocycles. The molecule has 1 unspecified atom stereocenters. The van der Waals surface area contributed by atoms with Crippen LogP contribution >= 0.6 is 0 Å². The highest BCUT2D eigenvalue weighted by atomic mass is 32.2. The molecule has 1 atom stereocenters. The molecule has 0 aromatic rings. The molecule has 0 radical (unpaired) electrons. The summed E-state index contributed by atoms with van der Waals surface area (Å²) in [5.41, 5.74) is 0. The first kappa shape index (κ1) is 16.8. The molecule has 0 aliphatic carbocycles. The molecular formula is C11H26N2O3S. The average molecular weight is 266 g/mol. The lowest BCUT2D eigenvalue weighted by Crippen LogP contribution is -2.36. The molecule has 0 saturated carbocycles. The highest BCUT2D eigenvalue weighted by Gasteiger charge is 2.13. The predicted molar refractivity (Wildman–Crippen MR) is 70.6 cm³/mol. The first-order valence-electron chi connectivity index (χ1n) is 6.09. The Kier molecular flexibility index (Phi) is 8.77. The molecule has 0 aromatic heterocycles. The Bertz CT molecular complexity index is 278. The van der Waals surface area contributed by atoms with Gasteiger partial charge in [-0.25, -0.2) is 13.1 Å². The zero-order valence-corrected chi connectivity index (χ0v) is 12.1. The summed E-state index contributed by atoms with van der Waals surface area (Å²) in [6.45, 7) is 7.23. The van der Waals surface area contributed by atoms with E-state index in [2.05, 4.69) is 10.0 Å². The highest BCUT2D eigenvalue weighted by Crippen LogP contribution is 1.97. The lowest BCUT2D eigenvalue weighted by Gasteiger charge is -2.14. The van der Waals surface area contributed by atoms with Crippen LogP contribution in [0.25, 0.3) is 0 Å². The molecule has 0 spiro atoms. The van der Waals surface area contributed by atoms with Crippen molar-refractivity contribution in [1.29, 1.82) is 0 Å². The summed E-state index contributed by atoms with van der Waals surface area (Å²) >= 11 is 0. The van der Waals surface area contributed by atoms with Crippen LogP contribution in [0, 0.1) is 0 Å². The van der Waals surface area contributed by atoms with E-state index in [4.69, 9.17) is 4.74 Å². The van der Waals surface area contributed by atoms with Crippen LogP contribution in [0.2, 0.25) is 0 Å². The van der Waals surface area contributed by atoms with Gasteiger partial charge in [0, 0.05) is 25.8 Å². The van der Waals surface area contributed by atoms with Crippen LogP contribution in [0.3, 0.4) is 0 Å². The van der Waals surface area contributed by atoms with E-state index in [-0.39, 0.29) is 11.8 Å². The quantitative estimate of drug-likeness (QED) is 0.572. The van der Waals surface area contributed by atoms with Crippen molar-refractivity contribution in [2.24, 2.45) is 0 Å². The minimum absolute atomic E-state index is 0.0713. The Morgan fingerprint density at radius 3 is 2.41 bits per heavy atom. The minimum atomic E-state index is -3.15. The van der Waals surface area contributed by atoms with Crippen LogP contribution in [0.15, 0.2) is 0 Å². The summed E-state index contributed by atoms with van der Waals surface area (Å²) in [4.78, 5) is 0. The van der Waals surface area contributed by atoms with Crippen molar-refractivity contribution in [3.8, 4) is 0 Å². The summed E-state index contributed by atoms with van der Waals surface area (Å²) in [6.07, 6.45) is 1.32. The molecule has 0 rings (SSSR count). The Morgan fingerprint density at radius 1 is 1.24 bits per heavy atom. The van der Waals surface area contributed by atoms with Gasteiger partial charge < -0.3 is 10.1 Å². The van der Waals surface area contributed by atoms with Gasteiger partial charge in [-0.15, -0.1) is 0 Å². The molecule has 6 heteroatoms. The smallest absolute Gasteiger partial charge is 0.211 e. The van der Waals surface area contributed by atoms with Gasteiger partial charge in [0.25, 0.3) is 0 Å². The van der Waals surface area contributed by atoms with Gasteiger partial charge >= 0.3 is 0 Å². The van der Waals surface area contributed by atoms with Crippen molar-refractivity contribution >= 4 is 10.0 Å². The number of sulfonamides is 1. The standard InChI is InChI=1S/C11H26N2O3S/c1-10(2)12-7-5-9-17(14,15)13-11(3)6-8-16-4/h10-13H,5-9H2,1-4H3. The molecule has 0 aliphatic rings. The monoisotopic (exact) mass is 266 g/mol. The van der Waals surface area contributed by atoms with Crippen LogP contribution in [-0.4, -0.2) is 46.5 Å². The van der Waals surface area contributed by atoms with Crippen molar-refractivity contribution in [2.45, 2.75) is 45.7 Å². The number of hydrogen-bond acceptors (Lipinski definition) is 4. The lowest BCUT2D eigenvalue weighted by molar-refractivity contribution is 0.188. The third-order valence-corrected chi connectivity index (χ3v) is 3.87. The van der Waals surface area contributed by atoms with Crippen molar-refractivity contribution in [2.75, 3.05) is 26.0 Å². The van der Waals surface area contributed by atoms with Crippen LogP contribution in [0.5, 0.6) is 0 Å². The molecule has 5 nitrogen and oxygen atoms in total. The molecule has 0 fully saturated rings. The topological polar surface area (TPSA) is 67.4 Å². The van der Waals surface area contributed by atoms with E-state index in [1.54, 1.807) is 7.11 Å². The molecule has 0 amide bonds. The SMILES string of the molecule is COCCC(C)NS(=O)(=O)CCCNC(C)C. The van der Waals surface area contributed by atoms with Crippen molar-refractivity contribution in [1.82, 2.24) is 10.0 Å². The van der Waals surface area contributed by atoms with Crippen LogP contribution in [0.1, 0.15) is 33.6 Å². The number of ether oxygens (including phenoxy) is 1. The van der Waals surface area contributed by atoms with Crippen molar-refractivity contribution in [3.63, 3.8) is 0 Å². The number of rotatable bonds is 10. The Balaban J connectivity index is 3.79. The van der Waals surface area contributed by atoms with E-state index >= 15 is 0 Å². The first-order valence-corrected chi connectivity index (χ1v) is 7.75. The van der Waals surface area contributed by atoms with E-state index < -0.39 is 10.0 Å². The van der Waals surface area contributed by atoms with Gasteiger partial charge in [0.05, 0.1) is 5.75 Å². The van der Waals surface area contributed by atoms with Gasteiger partial charge in [0.15, 0.2) is 0 Å². The molecule has 0 heterocycles. The predicted octanol–water partition coefficient (Wildman–Crippen LogP) is 0.719. The first-order chi connectivity index (χ1) is 7.87. The van der Waals surface area contributed by atoms with Crippen molar-refractivity contribution < 1.29 is 13.2 Å². The molecule has 0 saturated heterocycles. The third-order valence-electron chi connectivity index (χ3n) is 2.28. The van der Waals surface area contributed by atoms with E-state index in [1.807, 2.05) is 20.8 Å². The normalized spacial score (nSPS) is 14.2. The zero-order valence-electron chi connectivity index (χ0n) is 11.3. The van der Waals surface area contributed by atoms with E-state index in [0.29, 0.717) is 25.5 Å². The minimum Gasteiger partial charge on any atom is -0.385 e. The number of hydrogen-bond donors (Lipinski definition) is 2. The maximum Gasteiger partial charge on any atom is 0.211 e. The van der Waals surface area contributed by atoms with Gasteiger partial charge in [-0.1, -0.05) is 13.8 Å². The maximum atomic E-state index is 11.7. The zero-order chi connectivity index (χ0) is 13.3. The van der Waals surface area contributed by atoms with E-state index in [1.165, 1.54) is 0 Å². The fraction of sp³-hybridized carbons (Fsp3) is 1.00. The van der Waals surface area contributed by atoms with Crippen LogP contribution in [-0.2, 0) is 14.8 Å². The summed E-state index contributed by atoms with van der Waals surface area (Å²) in [6, 6.07) is 0.323. The third kappa shape index (κ3) is 10.7. The Labute approximate surface area is 105 Å². The largest absolute Gasteiger partial charge is 0.385 e. The maximum absolute atomic E-state index is 11.7. The van der Waals surface area contributed by atoms with E-state index in [0.717, 1.165) is 6.54 Å². The fourth-order valence-electron chi connectivity index (χ4n) is 1.37. The average Bonchev–Trinajstić information content (AvgIpc) is 2.20. The molecule has 104 valence electrons. The highest BCUT2D eigenvalue weighted by molar-refractivity contribution is 7.89. The second-order valence-electron chi connectivity index (χ2n) is 4.58. The molecule has 0 aliphatic heterocycles. The van der Waals surface area contributed by atoms with E-state index in [9.17, 15) is 8.42 Å². The van der Waals surface area contributed by atoms with Crippen molar-refractivity contribution in [3.05, 3.63) is 0 Å². The second kappa shape index (κ2) is 8.85. The molecule has 17 heavy (non-hydrogen) atoms. The van der Waals surface area contributed by atoms with Gasteiger partial charge in [-0.05, 0) is 26.3 Å². The number of methoxy groups -OCH3 is 1. The van der Waals surface area contributed by atoms with Gasteiger partial charge in [0.1, 0.15) is 0 Å². The van der Waals surface area contributed by atoms with Crippen LogP contribution in [0.4, 0.5) is 0 Å². The summed E-state index contributed by atoms with van der Waals surface area (Å²) in [5, 5.41) is 3.19. The summed E-state index contributed by atoms with van der Waals surface area (Å²) in [7, 11) is -1.54. The van der Waals surface area contributed by atoms with Gasteiger partial charge in [-0.3, -0.25) is 0 Å². The van der Waals surface area contributed by atoms with Gasteiger partial charge in [-0.2, -0.15) is 0 Å². The summed E-state index contributed by atoms with van der Waals surface area (Å²) < 4.78 is 30.9. The lowest BCUT2D eigenvalue weighted by atomic mass is 10.3.